The minimum atomic E-state index is -2.70. The molecular formula is C8H6NO5S-. The molecule has 0 saturated heterocycles. The average molecular weight is 228 g/mol. The van der Waals surface area contributed by atoms with Gasteiger partial charge in [-0.25, -0.2) is 4.79 Å². The number of benzene rings is 1. The van der Waals surface area contributed by atoms with Crippen LogP contribution in [0.2, 0.25) is 0 Å². The summed E-state index contributed by atoms with van der Waals surface area (Å²) < 4.78 is 21.4. The Balaban J connectivity index is 3.40. The molecule has 0 aliphatic carbocycles. The van der Waals surface area contributed by atoms with E-state index in [0.717, 1.165) is 18.2 Å². The Morgan fingerprint density at radius 3 is 2.40 bits per heavy atom. The predicted octanol–water partition coefficient (Wildman–Crippen LogP) is -0.278. The fourth-order valence-electron chi connectivity index (χ4n) is 0.997. The standard InChI is InChI=1S/C8H7NO5S/c9-7(10)5-2-1-4(8(11)12)3-6(5)15(13)14/h1-3H,(H2,9,10)(H,11,12)(H,13,14)/p-1. The van der Waals surface area contributed by atoms with Crippen molar-refractivity contribution in [2.45, 2.75) is 4.90 Å². The number of amides is 1. The number of hydrogen-bond donors (Lipinski definition) is 2. The molecule has 1 aromatic carbocycles. The summed E-state index contributed by atoms with van der Waals surface area (Å²) in [5.74, 6) is -2.20. The molecule has 1 unspecified atom stereocenters. The van der Waals surface area contributed by atoms with Crippen LogP contribution in [0.1, 0.15) is 20.7 Å². The van der Waals surface area contributed by atoms with Gasteiger partial charge in [0.25, 0.3) is 0 Å². The smallest absolute Gasteiger partial charge is 0.335 e. The van der Waals surface area contributed by atoms with Gasteiger partial charge in [0.2, 0.25) is 5.91 Å². The van der Waals surface area contributed by atoms with Crippen LogP contribution in [-0.4, -0.2) is 25.7 Å². The zero-order chi connectivity index (χ0) is 11.6. The van der Waals surface area contributed by atoms with E-state index in [2.05, 4.69) is 0 Å². The Labute approximate surface area is 87.0 Å². The number of carboxylic acid groups (broad SMARTS) is 1. The van der Waals surface area contributed by atoms with Crippen LogP contribution in [0.15, 0.2) is 23.1 Å². The molecule has 1 atom stereocenters. The first-order valence-electron chi connectivity index (χ1n) is 3.70. The molecule has 0 aliphatic rings. The van der Waals surface area contributed by atoms with Crippen molar-refractivity contribution < 1.29 is 23.5 Å². The largest absolute Gasteiger partial charge is 0.768 e. The van der Waals surface area contributed by atoms with Crippen molar-refractivity contribution in [1.82, 2.24) is 0 Å². The lowest BCUT2D eigenvalue weighted by atomic mass is 10.1. The molecule has 7 heteroatoms. The summed E-state index contributed by atoms with van der Waals surface area (Å²) in [5.41, 5.74) is 4.47. The molecule has 0 fully saturated rings. The Kier molecular flexibility index (Phi) is 3.17. The van der Waals surface area contributed by atoms with Crippen LogP contribution in [0.4, 0.5) is 0 Å². The van der Waals surface area contributed by atoms with Crippen LogP contribution < -0.4 is 5.73 Å². The van der Waals surface area contributed by atoms with Gasteiger partial charge in [-0.2, -0.15) is 0 Å². The Morgan fingerprint density at radius 1 is 1.40 bits per heavy atom. The third-order valence-corrected chi connectivity index (χ3v) is 2.37. The van der Waals surface area contributed by atoms with Gasteiger partial charge in [-0.05, 0) is 29.3 Å². The molecule has 0 radical (unpaired) electrons. The molecule has 6 nitrogen and oxygen atoms in total. The van der Waals surface area contributed by atoms with Crippen LogP contribution in [0.5, 0.6) is 0 Å². The second-order valence-corrected chi connectivity index (χ2v) is 3.52. The zero-order valence-corrected chi connectivity index (χ0v) is 8.11. The highest BCUT2D eigenvalue weighted by molar-refractivity contribution is 7.79. The summed E-state index contributed by atoms with van der Waals surface area (Å²) in [7, 11) is 0. The van der Waals surface area contributed by atoms with Crippen LogP contribution in [0.25, 0.3) is 0 Å². The number of carbonyl (C=O) groups excluding carboxylic acids is 1. The lowest BCUT2D eigenvalue weighted by Gasteiger charge is -2.09. The summed E-state index contributed by atoms with van der Waals surface area (Å²) in [4.78, 5) is 20.9. The van der Waals surface area contributed by atoms with Crippen LogP contribution in [-0.2, 0) is 11.1 Å². The van der Waals surface area contributed by atoms with E-state index >= 15 is 0 Å². The molecular weight excluding hydrogens is 222 g/mol. The second-order valence-electron chi connectivity index (χ2n) is 2.62. The highest BCUT2D eigenvalue weighted by atomic mass is 32.2. The molecule has 1 amide bonds. The fraction of sp³-hybridized carbons (Fsp3) is 0. The number of aromatic carboxylic acids is 1. The lowest BCUT2D eigenvalue weighted by Crippen LogP contribution is -2.15. The predicted molar refractivity (Wildman–Crippen MR) is 49.1 cm³/mol. The van der Waals surface area contributed by atoms with E-state index in [1.807, 2.05) is 0 Å². The first-order chi connectivity index (χ1) is 6.93. The quantitative estimate of drug-likeness (QED) is 0.689. The van der Waals surface area contributed by atoms with Gasteiger partial charge in [0.15, 0.2) is 0 Å². The number of nitrogens with two attached hydrogens (primary N) is 1. The van der Waals surface area contributed by atoms with Gasteiger partial charge in [0.1, 0.15) is 0 Å². The van der Waals surface area contributed by atoms with E-state index in [0.29, 0.717) is 0 Å². The van der Waals surface area contributed by atoms with E-state index < -0.39 is 27.9 Å². The molecule has 1 rings (SSSR count). The molecule has 80 valence electrons. The van der Waals surface area contributed by atoms with E-state index in [9.17, 15) is 18.4 Å². The molecule has 0 saturated carbocycles. The van der Waals surface area contributed by atoms with Crippen molar-refractivity contribution in [2.75, 3.05) is 0 Å². The van der Waals surface area contributed by atoms with Crippen molar-refractivity contribution in [2.24, 2.45) is 5.73 Å². The maximum atomic E-state index is 10.8. The zero-order valence-electron chi connectivity index (χ0n) is 7.30. The molecule has 0 aromatic heterocycles. The maximum Gasteiger partial charge on any atom is 0.335 e. The summed E-state index contributed by atoms with van der Waals surface area (Å²) >= 11 is -2.70. The lowest BCUT2D eigenvalue weighted by molar-refractivity contribution is 0.0696. The van der Waals surface area contributed by atoms with Gasteiger partial charge in [-0.3, -0.25) is 9.00 Å². The van der Waals surface area contributed by atoms with E-state index in [-0.39, 0.29) is 11.1 Å². The molecule has 1 aromatic rings. The van der Waals surface area contributed by atoms with Gasteiger partial charge in [0, 0.05) is 4.90 Å². The highest BCUT2D eigenvalue weighted by Crippen LogP contribution is 2.15. The van der Waals surface area contributed by atoms with Crippen molar-refractivity contribution in [3.8, 4) is 0 Å². The number of primary amides is 1. The number of carbonyl (C=O) groups is 2. The van der Waals surface area contributed by atoms with E-state index in [1.165, 1.54) is 0 Å². The molecule has 15 heavy (non-hydrogen) atoms. The van der Waals surface area contributed by atoms with Crippen LogP contribution in [0, 0.1) is 0 Å². The van der Waals surface area contributed by atoms with Crippen molar-refractivity contribution >= 4 is 23.0 Å². The Hall–Kier alpha value is -1.73. The third-order valence-electron chi connectivity index (χ3n) is 1.67. The monoisotopic (exact) mass is 228 g/mol. The number of hydrogen-bond acceptors (Lipinski definition) is 4. The maximum absolute atomic E-state index is 10.8. The summed E-state index contributed by atoms with van der Waals surface area (Å²) in [6.07, 6.45) is 0. The van der Waals surface area contributed by atoms with Crippen molar-refractivity contribution in [1.29, 1.82) is 0 Å². The minimum absolute atomic E-state index is 0.223. The van der Waals surface area contributed by atoms with E-state index in [1.54, 1.807) is 0 Å². The SMILES string of the molecule is NC(=O)c1ccc(C(=O)O)cc1S(=O)[O-]. The summed E-state index contributed by atoms with van der Waals surface area (Å²) in [6.45, 7) is 0. The molecule has 3 N–H and O–H groups in total. The minimum Gasteiger partial charge on any atom is -0.768 e. The third kappa shape index (κ3) is 2.39. The van der Waals surface area contributed by atoms with Crippen molar-refractivity contribution in [3.63, 3.8) is 0 Å². The van der Waals surface area contributed by atoms with Gasteiger partial charge in [0.05, 0.1) is 11.1 Å². The van der Waals surface area contributed by atoms with Crippen LogP contribution in [0.3, 0.4) is 0 Å². The fourth-order valence-corrected chi connectivity index (χ4v) is 1.57. The topological polar surface area (TPSA) is 121 Å². The first kappa shape index (κ1) is 11.3. The van der Waals surface area contributed by atoms with Crippen LogP contribution >= 0.6 is 0 Å². The molecule has 0 heterocycles. The number of rotatable bonds is 3. The Morgan fingerprint density at radius 2 is 2.00 bits per heavy atom. The first-order valence-corrected chi connectivity index (χ1v) is 4.77. The van der Waals surface area contributed by atoms with Gasteiger partial charge in [-0.1, -0.05) is 0 Å². The normalized spacial score (nSPS) is 12.1. The summed E-state index contributed by atoms with van der Waals surface area (Å²) in [6, 6.07) is 3.06. The Bertz CT molecular complexity index is 456. The second kappa shape index (κ2) is 4.20. The average Bonchev–Trinajstić information content (AvgIpc) is 2.16. The molecule has 0 bridgehead atoms. The molecule has 0 aliphatic heterocycles. The van der Waals surface area contributed by atoms with Gasteiger partial charge >= 0.3 is 5.97 Å². The van der Waals surface area contributed by atoms with Gasteiger partial charge in [-0.15, -0.1) is 0 Å². The van der Waals surface area contributed by atoms with Crippen molar-refractivity contribution in [3.05, 3.63) is 29.3 Å². The summed E-state index contributed by atoms with van der Waals surface area (Å²) in [5, 5.41) is 8.60. The molecule has 0 spiro atoms. The number of carboxylic acids is 1. The van der Waals surface area contributed by atoms with Gasteiger partial charge < -0.3 is 15.4 Å². The highest BCUT2D eigenvalue weighted by Gasteiger charge is 2.12. The van der Waals surface area contributed by atoms with E-state index in [4.69, 9.17) is 10.8 Å².